The Morgan fingerprint density at radius 2 is 1.69 bits per heavy atom. The van der Waals surface area contributed by atoms with Crippen molar-refractivity contribution in [1.82, 2.24) is 4.90 Å². The van der Waals surface area contributed by atoms with Gasteiger partial charge in [-0.25, -0.2) is 0 Å². The van der Waals surface area contributed by atoms with Crippen molar-refractivity contribution in [3.8, 4) is 0 Å². The zero-order valence-corrected chi connectivity index (χ0v) is 12.1. The van der Waals surface area contributed by atoms with Crippen LogP contribution in [0.2, 0.25) is 0 Å². The van der Waals surface area contributed by atoms with E-state index in [1.807, 2.05) is 7.11 Å². The molecular formula is C14H29NO. The van der Waals surface area contributed by atoms with E-state index in [1.165, 1.54) is 13.0 Å². The monoisotopic (exact) mass is 227 g/mol. The number of likely N-dealkylation sites (tertiary alicyclic amines) is 1. The molecule has 0 spiro atoms. The van der Waals surface area contributed by atoms with Gasteiger partial charge in [0.2, 0.25) is 0 Å². The topological polar surface area (TPSA) is 12.5 Å². The van der Waals surface area contributed by atoms with Crippen LogP contribution in [0.25, 0.3) is 0 Å². The Morgan fingerprint density at radius 1 is 1.12 bits per heavy atom. The molecule has 16 heavy (non-hydrogen) atoms. The van der Waals surface area contributed by atoms with Crippen molar-refractivity contribution in [3.63, 3.8) is 0 Å². The summed E-state index contributed by atoms with van der Waals surface area (Å²) in [7, 11) is 1.81. The molecule has 0 aromatic carbocycles. The average Bonchev–Trinajstić information content (AvgIpc) is 2.47. The minimum Gasteiger partial charge on any atom is -0.384 e. The summed E-state index contributed by atoms with van der Waals surface area (Å²) >= 11 is 0. The lowest BCUT2D eigenvalue weighted by Gasteiger charge is -2.43. The molecule has 0 aromatic rings. The highest BCUT2D eigenvalue weighted by atomic mass is 16.5. The molecule has 96 valence electrons. The minimum atomic E-state index is 0.264. The molecule has 1 rings (SSSR count). The Morgan fingerprint density at radius 3 is 2.00 bits per heavy atom. The van der Waals surface area contributed by atoms with Crippen molar-refractivity contribution in [2.75, 3.05) is 20.3 Å². The molecule has 0 amide bonds. The van der Waals surface area contributed by atoms with Crippen LogP contribution >= 0.6 is 0 Å². The van der Waals surface area contributed by atoms with Gasteiger partial charge in [-0.1, -0.05) is 20.8 Å². The highest BCUT2D eigenvalue weighted by molar-refractivity contribution is 4.97. The number of rotatable bonds is 2. The summed E-state index contributed by atoms with van der Waals surface area (Å²) in [5.74, 6) is 0.702. The maximum atomic E-state index is 5.32. The van der Waals surface area contributed by atoms with Gasteiger partial charge in [-0.3, -0.25) is 4.90 Å². The van der Waals surface area contributed by atoms with E-state index in [0.717, 1.165) is 6.61 Å². The molecule has 0 saturated carbocycles. The third kappa shape index (κ3) is 3.21. The summed E-state index contributed by atoms with van der Waals surface area (Å²) in [5.41, 5.74) is 0.621. The molecule has 1 heterocycles. The predicted molar refractivity (Wildman–Crippen MR) is 69.7 cm³/mol. The maximum absolute atomic E-state index is 5.32. The Hall–Kier alpha value is -0.0800. The second kappa shape index (κ2) is 4.66. The molecule has 2 heteroatoms. The third-order valence-corrected chi connectivity index (χ3v) is 3.65. The Labute approximate surface area is 101 Å². The van der Waals surface area contributed by atoms with Crippen LogP contribution in [0, 0.1) is 11.3 Å². The molecule has 1 aliphatic heterocycles. The molecule has 0 N–H and O–H groups in total. The summed E-state index contributed by atoms with van der Waals surface area (Å²) < 4.78 is 5.32. The standard InChI is InChI=1S/C14H29NO/c1-13(2,3)12-8-11(10-16-7)9-15(12)14(4,5)6/h11-12H,8-10H2,1-7H3/t11?,12-/m0/s1. The second-order valence-electron chi connectivity index (χ2n) is 7.26. The van der Waals surface area contributed by atoms with E-state index in [9.17, 15) is 0 Å². The molecule has 0 aliphatic carbocycles. The Balaban J connectivity index is 2.80. The summed E-state index contributed by atoms with van der Waals surface area (Å²) in [4.78, 5) is 2.66. The van der Waals surface area contributed by atoms with Gasteiger partial charge in [-0.15, -0.1) is 0 Å². The van der Waals surface area contributed by atoms with Crippen LogP contribution < -0.4 is 0 Å². The fraction of sp³-hybridized carbons (Fsp3) is 1.00. The van der Waals surface area contributed by atoms with E-state index in [0.29, 0.717) is 17.4 Å². The smallest absolute Gasteiger partial charge is 0.0503 e. The number of hydrogen-bond acceptors (Lipinski definition) is 2. The van der Waals surface area contributed by atoms with E-state index in [-0.39, 0.29) is 5.54 Å². The highest BCUT2D eigenvalue weighted by Crippen LogP contribution is 2.39. The van der Waals surface area contributed by atoms with Gasteiger partial charge in [0.05, 0.1) is 6.61 Å². The Bertz CT molecular complexity index is 202. The van der Waals surface area contributed by atoms with Gasteiger partial charge in [0.15, 0.2) is 0 Å². The predicted octanol–water partition coefficient (Wildman–Crippen LogP) is 3.17. The molecule has 2 atom stereocenters. The molecular weight excluding hydrogens is 198 g/mol. The van der Waals surface area contributed by atoms with Gasteiger partial charge >= 0.3 is 0 Å². The van der Waals surface area contributed by atoms with Crippen LogP contribution in [0.15, 0.2) is 0 Å². The van der Waals surface area contributed by atoms with Crippen molar-refractivity contribution in [1.29, 1.82) is 0 Å². The van der Waals surface area contributed by atoms with Crippen molar-refractivity contribution in [2.24, 2.45) is 11.3 Å². The first kappa shape index (κ1) is 14.0. The van der Waals surface area contributed by atoms with Crippen LogP contribution in [0.5, 0.6) is 0 Å². The zero-order valence-electron chi connectivity index (χ0n) is 12.1. The van der Waals surface area contributed by atoms with Gasteiger partial charge in [0.1, 0.15) is 0 Å². The lowest BCUT2D eigenvalue weighted by molar-refractivity contribution is 0.0562. The van der Waals surface area contributed by atoms with Crippen LogP contribution in [0.3, 0.4) is 0 Å². The first-order valence-corrected chi connectivity index (χ1v) is 6.42. The molecule has 1 aliphatic rings. The van der Waals surface area contributed by atoms with Crippen LogP contribution in [0.4, 0.5) is 0 Å². The van der Waals surface area contributed by atoms with Gasteiger partial charge < -0.3 is 4.74 Å². The molecule has 0 bridgehead atoms. The van der Waals surface area contributed by atoms with Crippen molar-refractivity contribution in [3.05, 3.63) is 0 Å². The average molecular weight is 227 g/mol. The van der Waals surface area contributed by atoms with E-state index >= 15 is 0 Å². The summed E-state index contributed by atoms with van der Waals surface area (Å²) in [5, 5.41) is 0. The SMILES string of the molecule is COCC1C[C@@H](C(C)(C)C)N(C(C)(C)C)C1. The third-order valence-electron chi connectivity index (χ3n) is 3.65. The van der Waals surface area contributed by atoms with Crippen LogP contribution in [0.1, 0.15) is 48.0 Å². The summed E-state index contributed by atoms with van der Waals surface area (Å²) in [6.07, 6.45) is 1.27. The fourth-order valence-electron chi connectivity index (χ4n) is 2.84. The van der Waals surface area contributed by atoms with Crippen molar-refractivity contribution in [2.45, 2.75) is 59.5 Å². The molecule has 2 nitrogen and oxygen atoms in total. The second-order valence-corrected chi connectivity index (χ2v) is 7.26. The number of nitrogens with zero attached hydrogens (tertiary/aromatic N) is 1. The fourth-order valence-corrected chi connectivity index (χ4v) is 2.84. The first-order valence-electron chi connectivity index (χ1n) is 6.42. The lowest BCUT2D eigenvalue weighted by Crippen LogP contribution is -2.49. The number of methoxy groups -OCH3 is 1. The van der Waals surface area contributed by atoms with Crippen molar-refractivity contribution >= 4 is 0 Å². The first-order chi connectivity index (χ1) is 7.16. The number of hydrogen-bond donors (Lipinski definition) is 0. The summed E-state index contributed by atoms with van der Waals surface area (Å²) in [6, 6.07) is 0.674. The van der Waals surface area contributed by atoms with E-state index in [4.69, 9.17) is 4.74 Å². The highest BCUT2D eigenvalue weighted by Gasteiger charge is 2.43. The van der Waals surface area contributed by atoms with E-state index in [2.05, 4.69) is 46.4 Å². The Kier molecular flexibility index (Phi) is 4.07. The van der Waals surface area contributed by atoms with Gasteiger partial charge in [0, 0.05) is 25.2 Å². The van der Waals surface area contributed by atoms with Gasteiger partial charge in [-0.2, -0.15) is 0 Å². The molecule has 0 radical (unpaired) electrons. The molecule has 0 aromatic heterocycles. The van der Waals surface area contributed by atoms with Gasteiger partial charge in [0.25, 0.3) is 0 Å². The van der Waals surface area contributed by atoms with Crippen LogP contribution in [-0.4, -0.2) is 36.7 Å². The normalized spacial score (nSPS) is 28.7. The minimum absolute atomic E-state index is 0.264. The van der Waals surface area contributed by atoms with Crippen LogP contribution in [-0.2, 0) is 4.74 Å². The van der Waals surface area contributed by atoms with Crippen molar-refractivity contribution < 1.29 is 4.74 Å². The molecule has 1 fully saturated rings. The molecule has 1 saturated heterocycles. The molecule has 1 unspecified atom stereocenters. The van der Waals surface area contributed by atoms with E-state index in [1.54, 1.807) is 0 Å². The van der Waals surface area contributed by atoms with E-state index < -0.39 is 0 Å². The zero-order chi connectivity index (χ0) is 12.6. The maximum Gasteiger partial charge on any atom is 0.0503 e. The lowest BCUT2D eigenvalue weighted by atomic mass is 9.82. The van der Waals surface area contributed by atoms with Gasteiger partial charge in [-0.05, 0) is 38.5 Å². The quantitative estimate of drug-likeness (QED) is 0.718. The number of ether oxygens (including phenoxy) is 1. The largest absolute Gasteiger partial charge is 0.384 e. The summed E-state index contributed by atoms with van der Waals surface area (Å²) in [6.45, 7) is 16.1.